The molecule has 5 nitrogen and oxygen atoms in total. The first-order valence-electron chi connectivity index (χ1n) is 10.3. The van der Waals surface area contributed by atoms with Crippen LogP contribution >= 0.6 is 23.1 Å². The lowest BCUT2D eigenvalue weighted by Gasteiger charge is -2.44. The number of anilines is 1. The molecule has 2 unspecified atom stereocenters. The fraction of sp³-hybridized carbons (Fsp3) is 0.842. The van der Waals surface area contributed by atoms with E-state index in [-0.39, 0.29) is 0 Å². The van der Waals surface area contributed by atoms with Crippen molar-refractivity contribution in [2.75, 3.05) is 17.6 Å². The summed E-state index contributed by atoms with van der Waals surface area (Å²) in [4.78, 5) is 15.0. The number of aromatic nitrogens is 2. The molecule has 7 heteroatoms. The Morgan fingerprint density at radius 1 is 1.04 bits per heavy atom. The van der Waals surface area contributed by atoms with Gasteiger partial charge in [-0.3, -0.25) is 4.79 Å². The Balaban J connectivity index is 1.27. The van der Waals surface area contributed by atoms with Gasteiger partial charge < -0.3 is 10.2 Å². The summed E-state index contributed by atoms with van der Waals surface area (Å²) in [6, 6.07) is 1.05. The highest BCUT2D eigenvalue weighted by molar-refractivity contribution is 8.01. The molecule has 4 rings (SSSR count). The predicted molar refractivity (Wildman–Crippen MR) is 108 cm³/mol. The first-order chi connectivity index (χ1) is 12.8. The molecule has 3 aliphatic rings. The van der Waals surface area contributed by atoms with E-state index in [1.165, 1.54) is 70.6 Å². The molecule has 1 amide bonds. The van der Waals surface area contributed by atoms with Crippen LogP contribution in [0.5, 0.6) is 0 Å². The van der Waals surface area contributed by atoms with E-state index in [2.05, 4.69) is 20.4 Å². The first-order valence-corrected chi connectivity index (χ1v) is 12.1. The number of nitrogens with one attached hydrogen (secondary N) is 1. The zero-order valence-corrected chi connectivity index (χ0v) is 17.1. The average molecular weight is 395 g/mol. The van der Waals surface area contributed by atoms with Gasteiger partial charge in [0, 0.05) is 18.6 Å². The second-order valence-corrected chi connectivity index (χ2v) is 10.2. The van der Waals surface area contributed by atoms with Crippen LogP contribution in [0.2, 0.25) is 0 Å². The average Bonchev–Trinajstić information content (AvgIpc) is 3.14. The van der Waals surface area contributed by atoms with Gasteiger partial charge in [-0.05, 0) is 44.4 Å². The highest BCUT2D eigenvalue weighted by Crippen LogP contribution is 2.36. The van der Waals surface area contributed by atoms with E-state index >= 15 is 0 Å². The molecular formula is C19H30N4OS2. The van der Waals surface area contributed by atoms with Crippen molar-refractivity contribution in [2.24, 2.45) is 5.92 Å². The molecule has 1 aliphatic heterocycles. The summed E-state index contributed by atoms with van der Waals surface area (Å²) in [7, 11) is 0. The van der Waals surface area contributed by atoms with Gasteiger partial charge in [0.25, 0.3) is 0 Å². The zero-order valence-electron chi connectivity index (χ0n) is 15.5. The molecule has 2 saturated carbocycles. The Labute approximate surface area is 164 Å². The minimum Gasteiger partial charge on any atom is -0.357 e. The third-order valence-corrected chi connectivity index (χ3v) is 8.19. The molecular weight excluding hydrogens is 364 g/mol. The minimum absolute atomic E-state index is 0.295. The summed E-state index contributed by atoms with van der Waals surface area (Å²) in [6.07, 6.45) is 14.1. The van der Waals surface area contributed by atoms with Crippen molar-refractivity contribution in [1.29, 1.82) is 0 Å². The number of likely N-dealkylation sites (tertiary alicyclic amines) is 1. The van der Waals surface area contributed by atoms with Crippen molar-refractivity contribution >= 4 is 34.1 Å². The van der Waals surface area contributed by atoms with E-state index in [9.17, 15) is 4.79 Å². The molecule has 2 aliphatic carbocycles. The quantitative estimate of drug-likeness (QED) is 0.742. The van der Waals surface area contributed by atoms with Crippen LogP contribution in [0.25, 0.3) is 0 Å². The van der Waals surface area contributed by atoms with E-state index in [0.29, 0.717) is 23.7 Å². The minimum atomic E-state index is 0.295. The summed E-state index contributed by atoms with van der Waals surface area (Å²) in [6.45, 7) is 0.950. The van der Waals surface area contributed by atoms with E-state index in [1.54, 1.807) is 23.1 Å². The van der Waals surface area contributed by atoms with Crippen molar-refractivity contribution in [3.8, 4) is 0 Å². The van der Waals surface area contributed by atoms with E-state index < -0.39 is 0 Å². The number of fused-ring (bicyclic) bond motifs is 1. The molecule has 26 heavy (non-hydrogen) atoms. The Kier molecular flexibility index (Phi) is 6.36. The Hall–Kier alpha value is -0.820. The lowest BCUT2D eigenvalue weighted by molar-refractivity contribution is -0.134. The highest BCUT2D eigenvalue weighted by Gasteiger charge is 2.35. The van der Waals surface area contributed by atoms with Crippen LogP contribution in [0.4, 0.5) is 5.13 Å². The van der Waals surface area contributed by atoms with Gasteiger partial charge in [-0.1, -0.05) is 55.2 Å². The maximum Gasteiger partial charge on any atom is 0.233 e. The third-order valence-electron chi connectivity index (χ3n) is 6.22. The standard InChI is InChI=1S/C19H30N4OS2/c24-17(23-12-6-8-14-7-4-5-11-16(14)23)13-25-19-22-21-18(26-19)20-15-9-2-1-3-10-15/h14-16H,1-13H2,(H,20,21). The number of hydrogen-bond donors (Lipinski definition) is 1. The molecule has 0 bridgehead atoms. The number of rotatable bonds is 5. The van der Waals surface area contributed by atoms with Crippen molar-refractivity contribution in [3.05, 3.63) is 0 Å². The van der Waals surface area contributed by atoms with E-state index in [0.717, 1.165) is 21.9 Å². The number of hydrogen-bond acceptors (Lipinski definition) is 6. The monoisotopic (exact) mass is 394 g/mol. The first kappa shape index (κ1) is 18.5. The molecule has 3 fully saturated rings. The number of piperidine rings is 1. The Morgan fingerprint density at radius 3 is 2.69 bits per heavy atom. The molecule has 2 atom stereocenters. The van der Waals surface area contributed by atoms with Crippen LogP contribution in [0, 0.1) is 5.92 Å². The maximum absolute atomic E-state index is 12.8. The van der Waals surface area contributed by atoms with Gasteiger partial charge in [0.1, 0.15) is 0 Å². The van der Waals surface area contributed by atoms with Gasteiger partial charge in [-0.2, -0.15) is 0 Å². The van der Waals surface area contributed by atoms with Crippen molar-refractivity contribution < 1.29 is 4.79 Å². The summed E-state index contributed by atoms with van der Waals surface area (Å²) < 4.78 is 0.911. The lowest BCUT2D eigenvalue weighted by Crippen LogP contribution is -2.50. The number of thioether (sulfide) groups is 1. The predicted octanol–water partition coefficient (Wildman–Crippen LogP) is 4.56. The third kappa shape index (κ3) is 4.53. The summed E-state index contributed by atoms with van der Waals surface area (Å²) in [5, 5.41) is 13.0. The van der Waals surface area contributed by atoms with Gasteiger partial charge in [0.15, 0.2) is 4.34 Å². The number of carbonyl (C=O) groups is 1. The van der Waals surface area contributed by atoms with Crippen LogP contribution in [0.1, 0.15) is 70.6 Å². The summed E-state index contributed by atoms with van der Waals surface area (Å²) >= 11 is 3.15. The molecule has 144 valence electrons. The van der Waals surface area contributed by atoms with Gasteiger partial charge in [0.05, 0.1) is 5.75 Å². The second-order valence-electron chi connectivity index (χ2n) is 7.98. The number of carbonyl (C=O) groups excluding carboxylic acids is 1. The summed E-state index contributed by atoms with van der Waals surface area (Å²) in [5.41, 5.74) is 0. The second kappa shape index (κ2) is 8.91. The molecule has 2 heterocycles. The van der Waals surface area contributed by atoms with Gasteiger partial charge in [0.2, 0.25) is 11.0 Å². The largest absolute Gasteiger partial charge is 0.357 e. The van der Waals surface area contributed by atoms with Gasteiger partial charge in [-0.15, -0.1) is 10.2 Å². The van der Waals surface area contributed by atoms with Crippen LogP contribution in [-0.4, -0.2) is 45.4 Å². The summed E-state index contributed by atoms with van der Waals surface area (Å²) in [5.74, 6) is 1.55. The molecule has 1 aromatic rings. The fourth-order valence-electron chi connectivity index (χ4n) is 4.89. The van der Waals surface area contributed by atoms with Crippen molar-refractivity contribution in [2.45, 2.75) is 87.1 Å². The van der Waals surface area contributed by atoms with Crippen LogP contribution in [0.3, 0.4) is 0 Å². The molecule has 1 aromatic heterocycles. The normalized spacial score (nSPS) is 27.2. The Morgan fingerprint density at radius 2 is 1.81 bits per heavy atom. The van der Waals surface area contributed by atoms with Crippen molar-refractivity contribution in [3.63, 3.8) is 0 Å². The topological polar surface area (TPSA) is 58.1 Å². The lowest BCUT2D eigenvalue weighted by atomic mass is 9.78. The number of amides is 1. The van der Waals surface area contributed by atoms with Crippen molar-refractivity contribution in [1.82, 2.24) is 15.1 Å². The van der Waals surface area contributed by atoms with E-state index in [1.807, 2.05) is 0 Å². The van der Waals surface area contributed by atoms with Crippen LogP contribution in [0.15, 0.2) is 4.34 Å². The fourth-order valence-corrected chi connectivity index (χ4v) is 6.60. The highest BCUT2D eigenvalue weighted by atomic mass is 32.2. The molecule has 1 N–H and O–H groups in total. The molecule has 0 aromatic carbocycles. The smallest absolute Gasteiger partial charge is 0.233 e. The number of nitrogens with zero attached hydrogens (tertiary/aromatic N) is 3. The maximum atomic E-state index is 12.8. The molecule has 0 radical (unpaired) electrons. The van der Waals surface area contributed by atoms with Gasteiger partial charge >= 0.3 is 0 Å². The zero-order chi connectivity index (χ0) is 17.8. The Bertz CT molecular complexity index is 600. The van der Waals surface area contributed by atoms with Gasteiger partial charge in [-0.25, -0.2) is 0 Å². The SMILES string of the molecule is O=C(CSc1nnc(NC2CCCCC2)s1)N1CCCC2CCCCC21. The van der Waals surface area contributed by atoms with Crippen LogP contribution in [-0.2, 0) is 4.79 Å². The molecule has 0 spiro atoms. The van der Waals surface area contributed by atoms with Crippen LogP contribution < -0.4 is 5.32 Å². The van der Waals surface area contributed by atoms with E-state index in [4.69, 9.17) is 0 Å². The molecule has 1 saturated heterocycles.